The third kappa shape index (κ3) is 2.43. The highest BCUT2D eigenvalue weighted by molar-refractivity contribution is 4.93. The maximum absolute atomic E-state index is 14.3. The quantitative estimate of drug-likeness (QED) is 0.701. The van der Waals surface area contributed by atoms with Crippen LogP contribution in [0.3, 0.4) is 0 Å². The molecule has 0 unspecified atom stereocenters. The number of rotatable bonds is 2. The van der Waals surface area contributed by atoms with Gasteiger partial charge in [0.2, 0.25) is 0 Å². The van der Waals surface area contributed by atoms with Crippen LogP contribution in [0.1, 0.15) is 40.5 Å². The highest BCUT2D eigenvalue weighted by atomic mass is 19.1. The monoisotopic (exact) mass is 187 g/mol. The van der Waals surface area contributed by atoms with E-state index in [0.717, 1.165) is 6.54 Å². The Morgan fingerprint density at radius 3 is 2.38 bits per heavy atom. The van der Waals surface area contributed by atoms with Gasteiger partial charge in [0.05, 0.1) is 0 Å². The van der Waals surface area contributed by atoms with Crippen LogP contribution in [0, 0.1) is 11.8 Å². The highest BCUT2D eigenvalue weighted by Gasteiger charge is 2.39. The number of halogens is 1. The number of nitrogens with one attached hydrogen (secondary N) is 1. The van der Waals surface area contributed by atoms with Gasteiger partial charge in [0.15, 0.2) is 0 Å². The minimum absolute atomic E-state index is 0.149. The molecule has 0 aromatic heterocycles. The lowest BCUT2D eigenvalue weighted by atomic mass is 9.78. The fourth-order valence-electron chi connectivity index (χ4n) is 2.00. The summed E-state index contributed by atoms with van der Waals surface area (Å²) in [4.78, 5) is 0. The normalized spacial score (nSPS) is 35.8. The highest BCUT2D eigenvalue weighted by Crippen LogP contribution is 2.35. The van der Waals surface area contributed by atoms with Gasteiger partial charge >= 0.3 is 0 Å². The van der Waals surface area contributed by atoms with Crippen LogP contribution in [0.15, 0.2) is 0 Å². The van der Waals surface area contributed by atoms with Gasteiger partial charge in [-0.15, -0.1) is 0 Å². The molecule has 2 atom stereocenters. The summed E-state index contributed by atoms with van der Waals surface area (Å²) in [5.74, 6) is 0.685. The molecule has 1 saturated heterocycles. The van der Waals surface area contributed by atoms with Crippen LogP contribution in [0.25, 0.3) is 0 Å². The predicted molar refractivity (Wildman–Crippen MR) is 54.5 cm³/mol. The largest absolute Gasteiger partial charge is 0.313 e. The summed E-state index contributed by atoms with van der Waals surface area (Å²) < 4.78 is 14.3. The molecule has 0 spiro atoms. The van der Waals surface area contributed by atoms with E-state index in [1.54, 1.807) is 0 Å². The van der Waals surface area contributed by atoms with Crippen molar-refractivity contribution in [3.63, 3.8) is 0 Å². The zero-order valence-corrected chi connectivity index (χ0v) is 9.23. The molecule has 2 heteroatoms. The van der Waals surface area contributed by atoms with E-state index in [-0.39, 0.29) is 5.92 Å². The molecule has 0 aromatic carbocycles. The summed E-state index contributed by atoms with van der Waals surface area (Å²) in [5.41, 5.74) is -0.930. The molecule has 78 valence electrons. The van der Waals surface area contributed by atoms with Crippen molar-refractivity contribution >= 4 is 0 Å². The molecule has 1 N–H and O–H groups in total. The fraction of sp³-hybridized carbons (Fsp3) is 1.00. The summed E-state index contributed by atoms with van der Waals surface area (Å²) in [5, 5.41) is 3.39. The van der Waals surface area contributed by atoms with E-state index in [4.69, 9.17) is 0 Å². The number of alkyl halides is 1. The van der Waals surface area contributed by atoms with E-state index in [9.17, 15) is 4.39 Å². The van der Waals surface area contributed by atoms with Gasteiger partial charge in [-0.1, -0.05) is 27.7 Å². The van der Waals surface area contributed by atoms with E-state index in [0.29, 0.717) is 24.8 Å². The molecule has 0 aromatic rings. The molecule has 13 heavy (non-hydrogen) atoms. The van der Waals surface area contributed by atoms with E-state index in [1.165, 1.54) is 0 Å². The molecule has 0 amide bonds. The van der Waals surface area contributed by atoms with E-state index in [2.05, 4.69) is 19.2 Å². The number of piperidine rings is 1. The molecule has 1 nitrogen and oxygen atoms in total. The average Bonchev–Trinajstić information content (AvgIpc) is 2.04. The van der Waals surface area contributed by atoms with Crippen molar-refractivity contribution in [2.45, 2.75) is 52.2 Å². The third-order valence-electron chi connectivity index (χ3n) is 3.35. The number of hydrogen-bond acceptors (Lipinski definition) is 1. The Labute approximate surface area is 81.1 Å². The second-order valence-corrected chi connectivity index (χ2v) is 4.95. The van der Waals surface area contributed by atoms with Gasteiger partial charge in [0.1, 0.15) is 5.67 Å². The van der Waals surface area contributed by atoms with Crippen molar-refractivity contribution in [2.75, 3.05) is 6.54 Å². The molecule has 0 aliphatic carbocycles. The molecule has 1 aliphatic rings. The first-order chi connectivity index (χ1) is 5.96. The zero-order valence-electron chi connectivity index (χ0n) is 9.23. The van der Waals surface area contributed by atoms with Crippen LogP contribution in [0.2, 0.25) is 0 Å². The van der Waals surface area contributed by atoms with Crippen LogP contribution in [0.4, 0.5) is 4.39 Å². The Balaban J connectivity index is 2.60. The third-order valence-corrected chi connectivity index (χ3v) is 3.35. The van der Waals surface area contributed by atoms with Crippen molar-refractivity contribution in [3.05, 3.63) is 0 Å². The first kappa shape index (κ1) is 11.0. The summed E-state index contributed by atoms with van der Waals surface area (Å²) in [6.45, 7) is 9.12. The van der Waals surface area contributed by atoms with Gasteiger partial charge in [0.25, 0.3) is 0 Å². The predicted octanol–water partition coefficient (Wildman–Crippen LogP) is 2.76. The maximum Gasteiger partial charge on any atom is 0.116 e. The van der Waals surface area contributed by atoms with E-state index in [1.807, 2.05) is 13.8 Å². The molecule has 0 saturated carbocycles. The molecule has 0 radical (unpaired) electrons. The average molecular weight is 187 g/mol. The lowest BCUT2D eigenvalue weighted by Gasteiger charge is -2.39. The van der Waals surface area contributed by atoms with Gasteiger partial charge in [-0.05, 0) is 31.2 Å². The second-order valence-electron chi connectivity index (χ2n) is 4.95. The fourth-order valence-corrected chi connectivity index (χ4v) is 2.00. The Hall–Kier alpha value is -0.110. The topological polar surface area (TPSA) is 12.0 Å². The Morgan fingerprint density at radius 2 is 1.92 bits per heavy atom. The lowest BCUT2D eigenvalue weighted by molar-refractivity contribution is 0.0349. The first-order valence-electron chi connectivity index (χ1n) is 5.38. The van der Waals surface area contributed by atoms with Gasteiger partial charge in [-0.2, -0.15) is 0 Å². The molecular formula is C11H22FN. The Morgan fingerprint density at radius 1 is 1.31 bits per heavy atom. The Bertz CT molecular complexity index is 167. The molecule has 1 aliphatic heterocycles. The molecular weight excluding hydrogens is 165 g/mol. The molecule has 1 rings (SSSR count). The van der Waals surface area contributed by atoms with Gasteiger partial charge in [-0.3, -0.25) is 0 Å². The standard InChI is InChI=1S/C11H22FN/c1-8(2)10-7-11(12,9(3)4)5-6-13-10/h8-10,13H,5-7H2,1-4H3/t10-,11+/m1/s1. The van der Waals surface area contributed by atoms with Gasteiger partial charge < -0.3 is 5.32 Å². The summed E-state index contributed by atoms with van der Waals surface area (Å²) in [6.07, 6.45) is 1.36. The minimum Gasteiger partial charge on any atom is -0.313 e. The van der Waals surface area contributed by atoms with Crippen LogP contribution in [0.5, 0.6) is 0 Å². The van der Waals surface area contributed by atoms with Gasteiger partial charge in [-0.25, -0.2) is 4.39 Å². The van der Waals surface area contributed by atoms with Crippen LogP contribution >= 0.6 is 0 Å². The molecule has 1 fully saturated rings. The van der Waals surface area contributed by atoms with Crippen LogP contribution in [-0.4, -0.2) is 18.3 Å². The Kier molecular flexibility index (Phi) is 3.33. The zero-order chi connectivity index (χ0) is 10.1. The lowest BCUT2D eigenvalue weighted by Crippen LogP contribution is -2.50. The van der Waals surface area contributed by atoms with Crippen molar-refractivity contribution in [1.29, 1.82) is 0 Å². The first-order valence-corrected chi connectivity index (χ1v) is 5.38. The van der Waals surface area contributed by atoms with Crippen LogP contribution < -0.4 is 5.32 Å². The van der Waals surface area contributed by atoms with Crippen molar-refractivity contribution in [2.24, 2.45) is 11.8 Å². The minimum atomic E-state index is -0.930. The second kappa shape index (κ2) is 3.95. The van der Waals surface area contributed by atoms with Crippen molar-refractivity contribution < 1.29 is 4.39 Å². The van der Waals surface area contributed by atoms with E-state index < -0.39 is 5.67 Å². The summed E-state index contributed by atoms with van der Waals surface area (Å²) >= 11 is 0. The van der Waals surface area contributed by atoms with Gasteiger partial charge in [0, 0.05) is 6.04 Å². The SMILES string of the molecule is CC(C)[C@H]1C[C@](F)(C(C)C)CCN1. The smallest absolute Gasteiger partial charge is 0.116 e. The van der Waals surface area contributed by atoms with E-state index >= 15 is 0 Å². The molecule has 1 heterocycles. The maximum atomic E-state index is 14.3. The van der Waals surface area contributed by atoms with Crippen LogP contribution in [-0.2, 0) is 0 Å². The summed E-state index contributed by atoms with van der Waals surface area (Å²) in [6, 6.07) is 0.362. The van der Waals surface area contributed by atoms with Crippen molar-refractivity contribution in [3.8, 4) is 0 Å². The summed E-state index contributed by atoms with van der Waals surface area (Å²) in [7, 11) is 0. The van der Waals surface area contributed by atoms with Crippen molar-refractivity contribution in [1.82, 2.24) is 5.32 Å². The molecule has 0 bridgehead atoms. The number of hydrogen-bond donors (Lipinski definition) is 1.